The number of cyclic esters (lactones) is 1. The molecular formula is C20H23NO2. The summed E-state index contributed by atoms with van der Waals surface area (Å²) in [6.45, 7) is 6.80. The molecule has 0 aromatic heterocycles. The molecule has 1 aliphatic rings. The molecule has 3 heteroatoms. The van der Waals surface area contributed by atoms with Crippen LogP contribution in [0.1, 0.15) is 43.0 Å². The molecule has 2 aromatic rings. The molecule has 0 bridgehead atoms. The number of nitrogens with zero attached hydrogens (tertiary/aromatic N) is 1. The van der Waals surface area contributed by atoms with Gasteiger partial charge in [-0.15, -0.1) is 0 Å². The molecule has 3 rings (SSSR count). The lowest BCUT2D eigenvalue weighted by Gasteiger charge is -2.41. The van der Waals surface area contributed by atoms with Gasteiger partial charge in [-0.3, -0.25) is 0 Å². The first kappa shape index (κ1) is 15.6. The van der Waals surface area contributed by atoms with Crippen LogP contribution in [0.4, 0.5) is 4.79 Å². The van der Waals surface area contributed by atoms with Gasteiger partial charge in [-0.25, -0.2) is 4.79 Å². The maximum absolute atomic E-state index is 12.6. The lowest BCUT2D eigenvalue weighted by Crippen LogP contribution is -2.47. The topological polar surface area (TPSA) is 29.5 Å². The minimum Gasteiger partial charge on any atom is -0.438 e. The summed E-state index contributed by atoms with van der Waals surface area (Å²) in [4.78, 5) is 14.4. The fourth-order valence-electron chi connectivity index (χ4n) is 3.10. The zero-order chi connectivity index (χ0) is 16.4. The van der Waals surface area contributed by atoms with Crippen molar-refractivity contribution in [2.45, 2.75) is 38.8 Å². The Kier molecular flexibility index (Phi) is 4.12. The Morgan fingerprint density at radius 1 is 1.09 bits per heavy atom. The predicted octanol–water partition coefficient (Wildman–Crippen LogP) is 4.81. The van der Waals surface area contributed by atoms with Gasteiger partial charge in [0, 0.05) is 13.0 Å². The zero-order valence-electron chi connectivity index (χ0n) is 14.0. The third-order valence-electron chi connectivity index (χ3n) is 4.79. The highest BCUT2D eigenvalue weighted by Crippen LogP contribution is 2.36. The number of carbonyl (C=O) groups is 1. The molecule has 2 atom stereocenters. The van der Waals surface area contributed by atoms with Crippen molar-refractivity contribution in [3.05, 3.63) is 71.3 Å². The van der Waals surface area contributed by atoms with Crippen LogP contribution >= 0.6 is 0 Å². The van der Waals surface area contributed by atoms with Gasteiger partial charge in [0.25, 0.3) is 0 Å². The van der Waals surface area contributed by atoms with Crippen molar-refractivity contribution in [1.29, 1.82) is 0 Å². The second-order valence-electron chi connectivity index (χ2n) is 6.49. The monoisotopic (exact) mass is 309 g/mol. The second-order valence-corrected chi connectivity index (χ2v) is 6.49. The summed E-state index contributed by atoms with van der Waals surface area (Å²) in [6.07, 6.45) is 0.551. The van der Waals surface area contributed by atoms with E-state index in [1.165, 1.54) is 5.56 Å². The molecule has 1 amide bonds. The lowest BCUT2D eigenvalue weighted by atomic mass is 9.90. The van der Waals surface area contributed by atoms with Crippen LogP contribution in [-0.2, 0) is 10.3 Å². The molecule has 0 radical (unpaired) electrons. The van der Waals surface area contributed by atoms with Gasteiger partial charge in [-0.1, -0.05) is 60.2 Å². The molecule has 1 aliphatic heterocycles. The van der Waals surface area contributed by atoms with E-state index in [0.29, 0.717) is 6.54 Å². The number of benzene rings is 2. The number of amides is 1. The van der Waals surface area contributed by atoms with Crippen LogP contribution in [-0.4, -0.2) is 17.5 Å². The fraction of sp³-hybridized carbons (Fsp3) is 0.350. The van der Waals surface area contributed by atoms with Crippen molar-refractivity contribution in [3.63, 3.8) is 0 Å². The van der Waals surface area contributed by atoms with E-state index in [-0.39, 0.29) is 12.1 Å². The van der Waals surface area contributed by atoms with Crippen molar-refractivity contribution in [2.75, 3.05) is 6.54 Å². The van der Waals surface area contributed by atoms with Crippen molar-refractivity contribution < 1.29 is 9.53 Å². The van der Waals surface area contributed by atoms with Crippen LogP contribution in [0.3, 0.4) is 0 Å². The Balaban J connectivity index is 1.77. The minimum atomic E-state index is -0.544. The molecule has 1 fully saturated rings. The standard InChI is InChI=1S/C20H23NO2/c1-15-9-11-18(12-10-15)20(3)13-14-21(19(22)23-20)16(2)17-7-5-4-6-8-17/h4-12,16H,13-14H2,1-3H3/t16-,20?/m0/s1. The number of rotatable bonds is 3. The highest BCUT2D eigenvalue weighted by Gasteiger charge is 2.39. The highest BCUT2D eigenvalue weighted by molar-refractivity contribution is 5.70. The highest BCUT2D eigenvalue weighted by atomic mass is 16.6. The first-order chi connectivity index (χ1) is 11.0. The van der Waals surface area contributed by atoms with Crippen LogP contribution in [0.5, 0.6) is 0 Å². The van der Waals surface area contributed by atoms with Crippen molar-refractivity contribution in [3.8, 4) is 0 Å². The summed E-state index contributed by atoms with van der Waals surface area (Å²) in [7, 11) is 0. The van der Waals surface area contributed by atoms with Crippen LogP contribution in [0.15, 0.2) is 54.6 Å². The molecule has 1 unspecified atom stereocenters. The van der Waals surface area contributed by atoms with Gasteiger partial charge in [-0.05, 0) is 31.9 Å². The number of hydrogen-bond acceptors (Lipinski definition) is 2. The maximum atomic E-state index is 12.6. The van der Waals surface area contributed by atoms with E-state index in [2.05, 4.69) is 31.2 Å². The number of carbonyl (C=O) groups excluding carboxylic acids is 1. The Labute approximate surface area is 137 Å². The first-order valence-corrected chi connectivity index (χ1v) is 8.11. The Bertz CT molecular complexity index is 681. The number of hydrogen-bond donors (Lipinski definition) is 0. The van der Waals surface area contributed by atoms with Gasteiger partial charge < -0.3 is 9.64 Å². The molecule has 0 N–H and O–H groups in total. The normalized spacial score (nSPS) is 22.6. The number of aryl methyl sites for hydroxylation is 1. The van der Waals surface area contributed by atoms with E-state index in [0.717, 1.165) is 17.5 Å². The van der Waals surface area contributed by atoms with Gasteiger partial charge in [-0.2, -0.15) is 0 Å². The zero-order valence-corrected chi connectivity index (χ0v) is 14.0. The van der Waals surface area contributed by atoms with Crippen LogP contribution < -0.4 is 0 Å². The van der Waals surface area contributed by atoms with Crippen molar-refractivity contribution in [2.24, 2.45) is 0 Å². The van der Waals surface area contributed by atoms with Crippen molar-refractivity contribution in [1.82, 2.24) is 4.90 Å². The summed E-state index contributed by atoms with van der Waals surface area (Å²) in [5.41, 5.74) is 2.85. The van der Waals surface area contributed by atoms with Gasteiger partial charge >= 0.3 is 6.09 Å². The molecule has 0 spiro atoms. The molecular weight excluding hydrogens is 286 g/mol. The Hall–Kier alpha value is -2.29. The largest absolute Gasteiger partial charge is 0.438 e. The quantitative estimate of drug-likeness (QED) is 0.814. The van der Waals surface area contributed by atoms with Gasteiger partial charge in [0.05, 0.1) is 6.04 Å². The van der Waals surface area contributed by atoms with E-state index in [1.54, 1.807) is 0 Å². The Morgan fingerprint density at radius 2 is 1.74 bits per heavy atom. The van der Waals surface area contributed by atoms with E-state index in [1.807, 2.05) is 49.1 Å². The summed E-state index contributed by atoms with van der Waals surface area (Å²) < 4.78 is 5.84. The maximum Gasteiger partial charge on any atom is 0.411 e. The van der Waals surface area contributed by atoms with Crippen LogP contribution in [0.2, 0.25) is 0 Å². The van der Waals surface area contributed by atoms with E-state index >= 15 is 0 Å². The molecule has 0 aliphatic carbocycles. The SMILES string of the molecule is Cc1ccc(C2(C)CCN([C@@H](C)c3ccccc3)C(=O)O2)cc1. The summed E-state index contributed by atoms with van der Waals surface area (Å²) in [6, 6.07) is 18.3. The molecule has 1 heterocycles. The predicted molar refractivity (Wildman–Crippen MR) is 91.2 cm³/mol. The third-order valence-corrected chi connectivity index (χ3v) is 4.79. The Morgan fingerprint density at radius 3 is 2.35 bits per heavy atom. The molecule has 3 nitrogen and oxygen atoms in total. The third kappa shape index (κ3) is 3.09. The second kappa shape index (κ2) is 6.07. The molecule has 23 heavy (non-hydrogen) atoms. The van der Waals surface area contributed by atoms with Crippen LogP contribution in [0, 0.1) is 6.92 Å². The minimum absolute atomic E-state index is 0.0197. The van der Waals surface area contributed by atoms with E-state index < -0.39 is 5.60 Å². The molecule has 120 valence electrons. The average molecular weight is 309 g/mol. The summed E-state index contributed by atoms with van der Waals surface area (Å²) in [5, 5.41) is 0. The number of ether oxygens (including phenoxy) is 1. The first-order valence-electron chi connectivity index (χ1n) is 8.11. The molecule has 1 saturated heterocycles. The van der Waals surface area contributed by atoms with Gasteiger partial charge in [0.2, 0.25) is 0 Å². The average Bonchev–Trinajstić information content (AvgIpc) is 2.56. The van der Waals surface area contributed by atoms with Gasteiger partial charge in [0.15, 0.2) is 0 Å². The summed E-state index contributed by atoms with van der Waals surface area (Å²) in [5.74, 6) is 0. The van der Waals surface area contributed by atoms with Gasteiger partial charge in [0.1, 0.15) is 5.60 Å². The lowest BCUT2D eigenvalue weighted by molar-refractivity contribution is -0.0491. The molecule has 2 aromatic carbocycles. The van der Waals surface area contributed by atoms with E-state index in [4.69, 9.17) is 4.74 Å². The fourth-order valence-corrected chi connectivity index (χ4v) is 3.10. The van der Waals surface area contributed by atoms with Crippen molar-refractivity contribution >= 4 is 6.09 Å². The van der Waals surface area contributed by atoms with Crippen LogP contribution in [0.25, 0.3) is 0 Å². The summed E-state index contributed by atoms with van der Waals surface area (Å²) >= 11 is 0. The van der Waals surface area contributed by atoms with E-state index in [9.17, 15) is 4.79 Å². The smallest absolute Gasteiger partial charge is 0.411 e. The molecule has 0 saturated carbocycles.